The largest absolute Gasteiger partial charge is 0.506 e. The summed E-state index contributed by atoms with van der Waals surface area (Å²) >= 11 is 0. The highest BCUT2D eigenvalue weighted by molar-refractivity contribution is 5.61. The van der Waals surface area contributed by atoms with Crippen LogP contribution >= 0.6 is 0 Å². The van der Waals surface area contributed by atoms with Crippen molar-refractivity contribution in [3.05, 3.63) is 71.3 Å². The van der Waals surface area contributed by atoms with Gasteiger partial charge in [-0.15, -0.1) is 0 Å². The summed E-state index contributed by atoms with van der Waals surface area (Å²) in [4.78, 5) is 0. The molecule has 3 rings (SSSR count). The Morgan fingerprint density at radius 2 is 0.786 bits per heavy atom. The summed E-state index contributed by atoms with van der Waals surface area (Å²) in [5.74, 6) is -5.51. The summed E-state index contributed by atoms with van der Waals surface area (Å²) in [6, 6.07) is 4.74. The molecule has 0 amide bonds. The van der Waals surface area contributed by atoms with Gasteiger partial charge in [0.15, 0.2) is 5.92 Å². The fraction of sp³-hybridized carbons (Fsp3) is 0.250. The molecular weight excluding hydrogens is 606 g/mol. The Bertz CT molecular complexity index is 1340. The fourth-order valence-electron chi connectivity index (χ4n) is 3.87. The number of phenolic OH excluding ortho intramolecular Hbond substituents is 3. The molecule has 0 aliphatic heterocycles. The van der Waals surface area contributed by atoms with Gasteiger partial charge in [0.25, 0.3) is 0 Å². The summed E-state index contributed by atoms with van der Waals surface area (Å²) in [6.07, 6.45) is -22.6. The van der Waals surface area contributed by atoms with Crippen LogP contribution in [0.1, 0.15) is 22.6 Å². The van der Waals surface area contributed by atoms with Crippen molar-refractivity contribution in [2.75, 3.05) is 17.2 Å². The second-order valence-corrected chi connectivity index (χ2v) is 8.63. The molecule has 0 fully saturated rings. The fourth-order valence-corrected chi connectivity index (χ4v) is 3.87. The van der Waals surface area contributed by atoms with Crippen LogP contribution in [0.15, 0.2) is 54.6 Å². The number of alkyl halides is 12. The van der Waals surface area contributed by atoms with E-state index in [0.717, 1.165) is 0 Å². The number of aromatic hydroxyl groups is 3. The third-order valence-corrected chi connectivity index (χ3v) is 5.81. The Morgan fingerprint density at radius 1 is 0.476 bits per heavy atom. The maximum atomic E-state index is 13.8. The topological polar surface area (TPSA) is 139 Å². The number of nitrogen functional groups attached to an aromatic ring is 3. The van der Waals surface area contributed by atoms with Crippen LogP contribution in [-0.2, 0) is 5.41 Å². The van der Waals surface area contributed by atoms with E-state index in [4.69, 9.17) is 22.3 Å². The van der Waals surface area contributed by atoms with Gasteiger partial charge in [0.1, 0.15) is 17.2 Å². The Labute approximate surface area is 227 Å². The van der Waals surface area contributed by atoms with Crippen molar-refractivity contribution >= 4 is 17.1 Å². The van der Waals surface area contributed by atoms with Gasteiger partial charge in [0.2, 0.25) is 5.41 Å². The van der Waals surface area contributed by atoms with Gasteiger partial charge in [0.05, 0.1) is 17.1 Å². The Hall–Kier alpha value is -4.38. The van der Waals surface area contributed by atoms with Crippen molar-refractivity contribution in [1.29, 1.82) is 0 Å². The van der Waals surface area contributed by atoms with E-state index in [0.29, 0.717) is 54.6 Å². The molecule has 0 bridgehead atoms. The summed E-state index contributed by atoms with van der Waals surface area (Å²) in [5.41, 5.74) is 5.80. The van der Waals surface area contributed by atoms with E-state index >= 15 is 0 Å². The van der Waals surface area contributed by atoms with Crippen molar-refractivity contribution in [3.8, 4) is 17.2 Å². The zero-order valence-electron chi connectivity index (χ0n) is 20.4. The highest BCUT2D eigenvalue weighted by Gasteiger charge is 2.72. The molecule has 9 N–H and O–H groups in total. The molecule has 3 aromatic carbocycles. The average Bonchev–Trinajstić information content (AvgIpc) is 2.78. The number of hydrogen-bond acceptors (Lipinski definition) is 6. The Kier molecular flexibility index (Phi) is 8.96. The van der Waals surface area contributed by atoms with Crippen molar-refractivity contribution in [1.82, 2.24) is 0 Å². The zero-order chi connectivity index (χ0) is 32.6. The van der Waals surface area contributed by atoms with Crippen LogP contribution in [0.2, 0.25) is 0 Å². The minimum atomic E-state index is -5.82. The summed E-state index contributed by atoms with van der Waals surface area (Å²) in [5, 5.41) is 27.6. The first-order valence-electron chi connectivity index (χ1n) is 10.9. The Balaban J connectivity index is 0.000000317. The molecule has 3 aromatic rings. The summed E-state index contributed by atoms with van der Waals surface area (Å²) < 4.78 is 157. The van der Waals surface area contributed by atoms with Gasteiger partial charge < -0.3 is 32.5 Å². The first-order valence-corrected chi connectivity index (χ1v) is 10.9. The smallest absolute Gasteiger partial charge is 0.411 e. The molecule has 6 nitrogen and oxygen atoms in total. The molecule has 42 heavy (non-hydrogen) atoms. The molecule has 0 atom stereocenters. The van der Waals surface area contributed by atoms with Crippen LogP contribution in [-0.4, -0.2) is 40.0 Å². The quantitative estimate of drug-likeness (QED) is 0.107. The highest BCUT2D eigenvalue weighted by atomic mass is 19.4. The van der Waals surface area contributed by atoms with Crippen LogP contribution in [0.4, 0.5) is 69.7 Å². The van der Waals surface area contributed by atoms with E-state index < -0.39 is 87.0 Å². The lowest BCUT2D eigenvalue weighted by Gasteiger charge is -2.38. The molecule has 0 aromatic heterocycles. The summed E-state index contributed by atoms with van der Waals surface area (Å²) in [7, 11) is 0. The number of phenols is 3. The van der Waals surface area contributed by atoms with E-state index in [9.17, 15) is 62.9 Å². The lowest BCUT2D eigenvalue weighted by atomic mass is 9.72. The summed E-state index contributed by atoms with van der Waals surface area (Å²) in [6.45, 7) is 0. The number of benzene rings is 3. The van der Waals surface area contributed by atoms with E-state index in [1.807, 2.05) is 0 Å². The minimum Gasteiger partial charge on any atom is -0.506 e. The van der Waals surface area contributed by atoms with Gasteiger partial charge in [-0.25, -0.2) is 0 Å². The van der Waals surface area contributed by atoms with Crippen molar-refractivity contribution in [2.45, 2.75) is 36.0 Å². The number of rotatable bonds is 3. The number of halogens is 12. The van der Waals surface area contributed by atoms with Gasteiger partial charge in [0, 0.05) is 0 Å². The molecule has 18 heteroatoms. The first-order chi connectivity index (χ1) is 18.9. The third kappa shape index (κ3) is 6.57. The standard InChI is InChI=1S/C15H12F6N2O2.C9H7F6NO/c16-14(17,18)13(15(19,20)21,7-1-3-11(24)9(22)5-7)8-2-4-12(25)10(23)6-8;10-8(11,12)7(9(13,14)15)4-1-2-6(17)5(16)3-4/h1-6,24-25H,22-23H2;1-3,7,17H,16H2. The zero-order valence-corrected chi connectivity index (χ0v) is 20.4. The number of hydrogen-bond donors (Lipinski definition) is 6. The van der Waals surface area contributed by atoms with Crippen molar-refractivity contribution < 1.29 is 68.0 Å². The van der Waals surface area contributed by atoms with E-state index in [-0.39, 0.29) is 0 Å². The number of anilines is 3. The predicted molar refractivity (Wildman–Crippen MR) is 125 cm³/mol. The predicted octanol–water partition coefficient (Wildman–Crippen LogP) is 6.86. The van der Waals surface area contributed by atoms with Crippen LogP contribution in [0.5, 0.6) is 17.2 Å². The van der Waals surface area contributed by atoms with Crippen LogP contribution in [0.3, 0.4) is 0 Å². The third-order valence-electron chi connectivity index (χ3n) is 5.81. The van der Waals surface area contributed by atoms with E-state index in [1.54, 1.807) is 0 Å². The highest BCUT2D eigenvalue weighted by Crippen LogP contribution is 2.57. The van der Waals surface area contributed by atoms with Gasteiger partial charge in [-0.3, -0.25) is 0 Å². The van der Waals surface area contributed by atoms with Gasteiger partial charge >= 0.3 is 24.7 Å². The molecule has 0 radical (unpaired) electrons. The maximum absolute atomic E-state index is 13.8. The first kappa shape index (κ1) is 33.8. The molecule has 232 valence electrons. The lowest BCUT2D eigenvalue weighted by Crippen LogP contribution is -2.54. The molecule has 0 aliphatic carbocycles. The number of nitrogens with two attached hydrogens (primary N) is 3. The average molecular weight is 625 g/mol. The van der Waals surface area contributed by atoms with E-state index in [1.165, 1.54) is 0 Å². The molecule has 0 aliphatic rings. The molecular formula is C24H19F12N3O3. The van der Waals surface area contributed by atoms with E-state index in [2.05, 4.69) is 0 Å². The second-order valence-electron chi connectivity index (χ2n) is 8.63. The SMILES string of the molecule is Nc1cc(C(C(F)(F)F)C(F)(F)F)ccc1O.Nc1cc(C(c2ccc(O)c(N)c2)(C(F)(F)F)C(F)(F)F)ccc1O. The van der Waals surface area contributed by atoms with Crippen LogP contribution < -0.4 is 17.2 Å². The van der Waals surface area contributed by atoms with Crippen LogP contribution in [0, 0.1) is 0 Å². The normalized spacial score (nSPS) is 13.1. The van der Waals surface area contributed by atoms with Crippen molar-refractivity contribution in [2.24, 2.45) is 0 Å². The van der Waals surface area contributed by atoms with Gasteiger partial charge in [-0.1, -0.05) is 18.2 Å². The monoisotopic (exact) mass is 625 g/mol. The second kappa shape index (κ2) is 11.1. The van der Waals surface area contributed by atoms with Gasteiger partial charge in [-0.2, -0.15) is 52.7 Å². The van der Waals surface area contributed by atoms with Crippen molar-refractivity contribution in [3.63, 3.8) is 0 Å². The maximum Gasteiger partial charge on any atom is 0.411 e. The van der Waals surface area contributed by atoms with Gasteiger partial charge in [-0.05, 0) is 53.1 Å². The molecule has 0 saturated carbocycles. The molecule has 0 spiro atoms. The lowest BCUT2D eigenvalue weighted by molar-refractivity contribution is -0.288. The Morgan fingerprint density at radius 3 is 1.05 bits per heavy atom. The van der Waals surface area contributed by atoms with Crippen LogP contribution in [0.25, 0.3) is 0 Å². The molecule has 0 unspecified atom stereocenters. The minimum absolute atomic E-state index is 0.402. The molecule has 0 heterocycles. The molecule has 0 saturated heterocycles.